The number of thioether (sulfide) groups is 1. The Morgan fingerprint density at radius 3 is 2.42 bits per heavy atom. The highest BCUT2D eigenvalue weighted by molar-refractivity contribution is 7.99. The van der Waals surface area contributed by atoms with Gasteiger partial charge in [-0.15, -0.1) is 11.8 Å². The van der Waals surface area contributed by atoms with E-state index >= 15 is 0 Å². The summed E-state index contributed by atoms with van der Waals surface area (Å²) < 4.78 is 10.6. The minimum Gasteiger partial charge on any atom is -0.497 e. The Balaban J connectivity index is 1.59. The zero-order chi connectivity index (χ0) is 22.1. The fraction of sp³-hybridized carbons (Fsp3) is 0.208. The summed E-state index contributed by atoms with van der Waals surface area (Å²) in [6.07, 6.45) is 0.303. The van der Waals surface area contributed by atoms with Crippen LogP contribution in [0, 0.1) is 11.3 Å². The molecule has 0 spiro atoms. The number of benzene rings is 2. The van der Waals surface area contributed by atoms with E-state index < -0.39 is 0 Å². The fourth-order valence-corrected chi connectivity index (χ4v) is 3.74. The van der Waals surface area contributed by atoms with Crippen LogP contribution in [0.2, 0.25) is 0 Å². The van der Waals surface area contributed by atoms with Gasteiger partial charge in [-0.05, 0) is 67.6 Å². The van der Waals surface area contributed by atoms with Crippen molar-refractivity contribution in [2.45, 2.75) is 18.4 Å². The van der Waals surface area contributed by atoms with Crippen LogP contribution in [-0.2, 0) is 4.79 Å². The highest BCUT2D eigenvalue weighted by Gasteiger charge is 2.10. The lowest BCUT2D eigenvalue weighted by Crippen LogP contribution is -2.12. The van der Waals surface area contributed by atoms with Crippen molar-refractivity contribution in [1.82, 2.24) is 4.98 Å². The molecular weight excluding hydrogens is 410 g/mol. The zero-order valence-electron chi connectivity index (χ0n) is 17.4. The average molecular weight is 434 g/mol. The number of amides is 1. The van der Waals surface area contributed by atoms with E-state index in [0.717, 1.165) is 28.4 Å². The molecule has 1 N–H and O–H groups in total. The fourth-order valence-electron chi connectivity index (χ4n) is 2.82. The van der Waals surface area contributed by atoms with Crippen LogP contribution in [0.25, 0.3) is 11.3 Å². The number of hydrogen-bond acceptors (Lipinski definition) is 6. The van der Waals surface area contributed by atoms with Gasteiger partial charge >= 0.3 is 0 Å². The van der Waals surface area contributed by atoms with Gasteiger partial charge in [0.05, 0.1) is 25.0 Å². The van der Waals surface area contributed by atoms with E-state index in [1.54, 1.807) is 13.2 Å². The highest BCUT2D eigenvalue weighted by atomic mass is 32.2. The minimum absolute atomic E-state index is 0.0959. The number of aromatic nitrogens is 1. The first-order valence-corrected chi connectivity index (χ1v) is 10.8. The van der Waals surface area contributed by atoms with Crippen molar-refractivity contribution < 1.29 is 14.3 Å². The van der Waals surface area contributed by atoms with Gasteiger partial charge in [-0.2, -0.15) is 5.26 Å². The predicted octanol–water partition coefficient (Wildman–Crippen LogP) is 5.15. The molecule has 0 aliphatic heterocycles. The number of ether oxygens (including phenoxy) is 2. The third-order valence-electron chi connectivity index (χ3n) is 4.38. The topological polar surface area (TPSA) is 84.2 Å². The largest absolute Gasteiger partial charge is 0.497 e. The second-order valence-corrected chi connectivity index (χ2v) is 7.58. The van der Waals surface area contributed by atoms with Gasteiger partial charge in [-0.25, -0.2) is 4.98 Å². The Kier molecular flexibility index (Phi) is 7.91. The van der Waals surface area contributed by atoms with Gasteiger partial charge in [0.2, 0.25) is 5.91 Å². The SMILES string of the molecule is CCOc1ccc(NC(=O)CCSc2nc(-c3ccc(OC)cc3)ccc2C#N)cc1. The molecule has 31 heavy (non-hydrogen) atoms. The standard InChI is InChI=1S/C24H23N3O3S/c1-3-30-21-11-7-19(8-12-21)26-23(28)14-15-31-24-18(16-25)6-13-22(27-24)17-4-9-20(29-2)10-5-17/h4-13H,3,14-15H2,1-2H3,(H,26,28). The molecule has 6 nitrogen and oxygen atoms in total. The Bertz CT molecular complexity index is 1060. The normalized spacial score (nSPS) is 10.2. The van der Waals surface area contributed by atoms with Crippen molar-refractivity contribution in [2.75, 3.05) is 24.8 Å². The highest BCUT2D eigenvalue weighted by Crippen LogP contribution is 2.27. The second kappa shape index (κ2) is 11.0. The third-order valence-corrected chi connectivity index (χ3v) is 5.38. The minimum atomic E-state index is -0.0959. The van der Waals surface area contributed by atoms with Crippen LogP contribution in [0.3, 0.4) is 0 Å². The first-order valence-electron chi connectivity index (χ1n) is 9.84. The van der Waals surface area contributed by atoms with Crippen molar-refractivity contribution in [3.63, 3.8) is 0 Å². The van der Waals surface area contributed by atoms with Crippen LogP contribution >= 0.6 is 11.8 Å². The van der Waals surface area contributed by atoms with Crippen molar-refractivity contribution in [3.8, 4) is 28.8 Å². The third kappa shape index (κ3) is 6.24. The van der Waals surface area contributed by atoms with Gasteiger partial charge in [0.25, 0.3) is 0 Å². The molecule has 0 fully saturated rings. The molecule has 0 saturated carbocycles. The van der Waals surface area contributed by atoms with Gasteiger partial charge in [0, 0.05) is 23.4 Å². The van der Waals surface area contributed by atoms with Gasteiger partial charge in [-0.3, -0.25) is 4.79 Å². The van der Waals surface area contributed by atoms with E-state index in [4.69, 9.17) is 9.47 Å². The van der Waals surface area contributed by atoms with Crippen molar-refractivity contribution in [1.29, 1.82) is 5.26 Å². The molecule has 3 aromatic rings. The molecule has 158 valence electrons. The van der Waals surface area contributed by atoms with Crippen LogP contribution in [0.1, 0.15) is 18.9 Å². The number of nitrogens with one attached hydrogen (secondary N) is 1. The lowest BCUT2D eigenvalue weighted by atomic mass is 10.1. The predicted molar refractivity (Wildman–Crippen MR) is 123 cm³/mol. The molecule has 1 aromatic heterocycles. The van der Waals surface area contributed by atoms with Crippen molar-refractivity contribution >= 4 is 23.4 Å². The van der Waals surface area contributed by atoms with E-state index in [1.807, 2.05) is 61.5 Å². The van der Waals surface area contributed by atoms with E-state index in [9.17, 15) is 10.1 Å². The molecule has 2 aromatic carbocycles. The summed E-state index contributed by atoms with van der Waals surface area (Å²) >= 11 is 1.40. The summed E-state index contributed by atoms with van der Waals surface area (Å²) in [4.78, 5) is 16.9. The van der Waals surface area contributed by atoms with Gasteiger partial charge < -0.3 is 14.8 Å². The summed E-state index contributed by atoms with van der Waals surface area (Å²) in [6, 6.07) is 20.6. The van der Waals surface area contributed by atoms with Crippen LogP contribution < -0.4 is 14.8 Å². The summed E-state index contributed by atoms with van der Waals surface area (Å²) in [6.45, 7) is 2.52. The van der Waals surface area contributed by atoms with Crippen LogP contribution in [0.4, 0.5) is 5.69 Å². The number of nitrogens with zero attached hydrogens (tertiary/aromatic N) is 2. The Morgan fingerprint density at radius 2 is 1.77 bits per heavy atom. The van der Waals surface area contributed by atoms with E-state index in [2.05, 4.69) is 16.4 Å². The smallest absolute Gasteiger partial charge is 0.225 e. The number of hydrogen-bond donors (Lipinski definition) is 1. The maximum atomic E-state index is 12.3. The number of carbonyl (C=O) groups is 1. The second-order valence-electron chi connectivity index (χ2n) is 6.49. The Labute approximate surface area is 186 Å². The lowest BCUT2D eigenvalue weighted by molar-refractivity contribution is -0.115. The Morgan fingerprint density at radius 1 is 1.06 bits per heavy atom. The summed E-state index contributed by atoms with van der Waals surface area (Å²) in [5.74, 6) is 1.95. The van der Waals surface area contributed by atoms with Crippen LogP contribution in [0.15, 0.2) is 65.7 Å². The first kappa shape index (κ1) is 22.2. The monoisotopic (exact) mass is 433 g/mol. The molecule has 0 bridgehead atoms. The van der Waals surface area contributed by atoms with E-state index in [1.165, 1.54) is 11.8 Å². The molecule has 1 heterocycles. The van der Waals surface area contributed by atoms with Crippen LogP contribution in [0.5, 0.6) is 11.5 Å². The quantitative estimate of drug-likeness (QED) is 0.470. The number of carbonyl (C=O) groups excluding carboxylic acids is 1. The molecule has 0 saturated heterocycles. The molecule has 0 aliphatic carbocycles. The number of methoxy groups -OCH3 is 1. The van der Waals surface area contributed by atoms with Crippen molar-refractivity contribution in [2.24, 2.45) is 0 Å². The summed E-state index contributed by atoms with van der Waals surface area (Å²) in [5, 5.41) is 12.9. The summed E-state index contributed by atoms with van der Waals surface area (Å²) in [7, 11) is 1.62. The molecular formula is C24H23N3O3S. The number of pyridine rings is 1. The van der Waals surface area contributed by atoms with E-state index in [0.29, 0.717) is 29.4 Å². The van der Waals surface area contributed by atoms with Crippen LogP contribution in [-0.4, -0.2) is 30.4 Å². The molecule has 0 atom stereocenters. The molecule has 3 rings (SSSR count). The number of rotatable bonds is 9. The van der Waals surface area contributed by atoms with Gasteiger partial charge in [0.1, 0.15) is 22.6 Å². The number of anilines is 1. The Hall–Kier alpha value is -3.50. The van der Waals surface area contributed by atoms with E-state index in [-0.39, 0.29) is 5.91 Å². The molecule has 0 unspecified atom stereocenters. The number of nitriles is 1. The molecule has 1 amide bonds. The van der Waals surface area contributed by atoms with Gasteiger partial charge in [0.15, 0.2) is 0 Å². The van der Waals surface area contributed by atoms with Gasteiger partial charge in [-0.1, -0.05) is 0 Å². The first-order chi connectivity index (χ1) is 15.1. The maximum absolute atomic E-state index is 12.3. The lowest BCUT2D eigenvalue weighted by Gasteiger charge is -2.09. The van der Waals surface area contributed by atoms with Crippen molar-refractivity contribution in [3.05, 3.63) is 66.2 Å². The molecule has 0 radical (unpaired) electrons. The average Bonchev–Trinajstić information content (AvgIpc) is 2.80. The maximum Gasteiger partial charge on any atom is 0.225 e. The molecule has 0 aliphatic rings. The zero-order valence-corrected chi connectivity index (χ0v) is 18.2. The summed E-state index contributed by atoms with van der Waals surface area (Å²) in [5.41, 5.74) is 2.91. The molecule has 7 heteroatoms.